The molecule has 0 fully saturated rings. The van der Waals surface area contributed by atoms with Gasteiger partial charge in [-0.3, -0.25) is 10.1 Å². The minimum Gasteiger partial charge on any atom is -0.413 e. The monoisotopic (exact) mass is 437 g/mol. The Morgan fingerprint density at radius 2 is 1.52 bits per heavy atom. The van der Waals surface area contributed by atoms with E-state index in [1.807, 2.05) is 36.4 Å². The molecule has 3 aromatic rings. The minimum atomic E-state index is -0.351. The molecule has 0 aliphatic carbocycles. The molecular weight excluding hydrogens is 406 g/mol. The highest BCUT2D eigenvalue weighted by atomic mass is 32.2. The molecule has 3 rings (SSSR count). The molecule has 4 nitrogen and oxygen atoms in total. The van der Waals surface area contributed by atoms with Crippen molar-refractivity contribution in [3.63, 3.8) is 0 Å². The van der Waals surface area contributed by atoms with Crippen LogP contribution in [-0.2, 0) is 6.42 Å². The van der Waals surface area contributed by atoms with Gasteiger partial charge in [-0.15, -0.1) is 0 Å². The summed E-state index contributed by atoms with van der Waals surface area (Å²) in [7, 11) is 0. The number of hydrogen-bond donors (Lipinski definition) is 0. The third-order valence-electron chi connectivity index (χ3n) is 5.54. The van der Waals surface area contributed by atoms with Crippen LogP contribution in [0, 0.1) is 10.1 Å². The van der Waals surface area contributed by atoms with Gasteiger partial charge in [0.2, 0.25) is 5.75 Å². The van der Waals surface area contributed by atoms with Crippen molar-refractivity contribution in [2.45, 2.75) is 69.6 Å². The van der Waals surface area contributed by atoms with Crippen LogP contribution in [-0.4, -0.2) is 4.92 Å². The molecule has 164 valence electrons. The van der Waals surface area contributed by atoms with Gasteiger partial charge in [-0.25, -0.2) is 0 Å². The van der Waals surface area contributed by atoms with Gasteiger partial charge in [0.05, 0.1) is 21.9 Å². The summed E-state index contributed by atoms with van der Waals surface area (Å²) in [5.74, 6) is 0.383. The van der Waals surface area contributed by atoms with Gasteiger partial charge in [-0.2, -0.15) is 0 Å². The zero-order valence-electron chi connectivity index (χ0n) is 18.2. The van der Waals surface area contributed by atoms with Gasteiger partial charge in [0, 0.05) is 11.6 Å². The Labute approximate surface area is 189 Å². The molecule has 0 unspecified atom stereocenters. The van der Waals surface area contributed by atoms with Crippen molar-refractivity contribution in [3.05, 3.63) is 76.3 Å². The summed E-state index contributed by atoms with van der Waals surface area (Å²) in [5, 5.41) is 13.8. The van der Waals surface area contributed by atoms with E-state index < -0.39 is 0 Å². The van der Waals surface area contributed by atoms with Crippen LogP contribution < -0.4 is 4.18 Å². The van der Waals surface area contributed by atoms with Gasteiger partial charge in [0.25, 0.3) is 0 Å². The van der Waals surface area contributed by atoms with Crippen molar-refractivity contribution in [3.8, 4) is 5.75 Å². The van der Waals surface area contributed by atoms with Gasteiger partial charge in [-0.05, 0) is 29.7 Å². The van der Waals surface area contributed by atoms with Gasteiger partial charge >= 0.3 is 5.69 Å². The molecule has 0 aliphatic heterocycles. The molecule has 0 N–H and O–H groups in total. The van der Waals surface area contributed by atoms with Crippen LogP contribution in [0.1, 0.15) is 63.9 Å². The number of hydrogen-bond acceptors (Lipinski definition) is 4. The summed E-state index contributed by atoms with van der Waals surface area (Å²) in [4.78, 5) is 12.2. The van der Waals surface area contributed by atoms with Gasteiger partial charge in [0.15, 0.2) is 0 Å². The third kappa shape index (κ3) is 6.73. The maximum absolute atomic E-state index is 11.6. The highest BCUT2D eigenvalue weighted by Crippen LogP contribution is 2.38. The van der Waals surface area contributed by atoms with Crippen molar-refractivity contribution in [1.82, 2.24) is 0 Å². The van der Waals surface area contributed by atoms with E-state index in [1.165, 1.54) is 56.6 Å². The molecule has 0 heterocycles. The van der Waals surface area contributed by atoms with Gasteiger partial charge in [-0.1, -0.05) is 100 Å². The molecule has 31 heavy (non-hydrogen) atoms. The molecule has 0 aromatic heterocycles. The number of benzene rings is 3. The van der Waals surface area contributed by atoms with Crippen LogP contribution in [0.15, 0.2) is 65.6 Å². The van der Waals surface area contributed by atoms with E-state index in [4.69, 9.17) is 4.18 Å². The first kappa shape index (κ1) is 23.1. The number of nitro groups is 1. The normalized spacial score (nSPS) is 11.0. The lowest BCUT2D eigenvalue weighted by molar-refractivity contribution is -0.385. The SMILES string of the molecule is CCCCCCCCCCc1cccc([N+](=O)[O-])c1OSc1cccc2ccccc12. The molecule has 0 radical (unpaired) electrons. The Hall–Kier alpha value is -2.53. The fourth-order valence-corrected chi connectivity index (χ4v) is 4.59. The maximum atomic E-state index is 11.6. The molecular formula is C26H31NO3S. The number of aryl methyl sites for hydroxylation is 1. The van der Waals surface area contributed by atoms with E-state index >= 15 is 0 Å². The predicted molar refractivity (Wildman–Crippen MR) is 130 cm³/mol. The molecule has 0 amide bonds. The zero-order valence-corrected chi connectivity index (χ0v) is 19.0. The number of nitro benzene ring substituents is 1. The molecule has 0 saturated heterocycles. The van der Waals surface area contributed by atoms with Crippen LogP contribution in [0.25, 0.3) is 10.8 Å². The Bertz CT molecular complexity index is 984. The van der Waals surface area contributed by atoms with Crippen LogP contribution in [0.3, 0.4) is 0 Å². The lowest BCUT2D eigenvalue weighted by Crippen LogP contribution is -1.98. The van der Waals surface area contributed by atoms with E-state index in [0.717, 1.165) is 40.5 Å². The van der Waals surface area contributed by atoms with E-state index in [1.54, 1.807) is 6.07 Å². The summed E-state index contributed by atoms with van der Waals surface area (Å²) in [6.45, 7) is 2.23. The fraction of sp³-hybridized carbons (Fsp3) is 0.385. The minimum absolute atomic E-state index is 0.0322. The first-order valence-corrected chi connectivity index (χ1v) is 12.0. The Morgan fingerprint density at radius 3 is 2.29 bits per heavy atom. The number of rotatable bonds is 13. The summed E-state index contributed by atoms with van der Waals surface area (Å²) in [5.41, 5.74) is 0.942. The van der Waals surface area contributed by atoms with Crippen LogP contribution in [0.4, 0.5) is 5.69 Å². The third-order valence-corrected chi connectivity index (χ3v) is 6.32. The van der Waals surface area contributed by atoms with Crippen molar-refractivity contribution >= 4 is 28.5 Å². The van der Waals surface area contributed by atoms with Crippen LogP contribution in [0.5, 0.6) is 5.75 Å². The van der Waals surface area contributed by atoms with Gasteiger partial charge in [0.1, 0.15) is 0 Å². The highest BCUT2D eigenvalue weighted by Gasteiger charge is 2.20. The summed E-state index contributed by atoms with van der Waals surface area (Å²) >= 11 is 1.20. The van der Waals surface area contributed by atoms with Crippen molar-refractivity contribution in [2.24, 2.45) is 0 Å². The summed E-state index contributed by atoms with van der Waals surface area (Å²) in [6.07, 6.45) is 10.7. The fourth-order valence-electron chi connectivity index (χ4n) is 3.81. The smallest absolute Gasteiger partial charge is 0.312 e. The molecule has 0 saturated carbocycles. The first-order valence-electron chi connectivity index (χ1n) is 11.3. The Kier molecular flexibility index (Phi) is 9.22. The zero-order chi connectivity index (χ0) is 21.9. The number of unbranched alkanes of at least 4 members (excludes halogenated alkanes) is 7. The first-order chi connectivity index (χ1) is 15.2. The second kappa shape index (κ2) is 12.4. The van der Waals surface area contributed by atoms with E-state index in [2.05, 4.69) is 19.1 Å². The van der Waals surface area contributed by atoms with Crippen LogP contribution in [0.2, 0.25) is 0 Å². The molecule has 0 spiro atoms. The molecule has 5 heteroatoms. The summed E-state index contributed by atoms with van der Waals surface area (Å²) < 4.78 is 6.02. The Morgan fingerprint density at radius 1 is 0.839 bits per heavy atom. The van der Waals surface area contributed by atoms with Gasteiger partial charge < -0.3 is 4.18 Å². The topological polar surface area (TPSA) is 52.4 Å². The average Bonchev–Trinajstić information content (AvgIpc) is 2.79. The lowest BCUT2D eigenvalue weighted by atomic mass is 10.0. The molecule has 0 bridgehead atoms. The number of fused-ring (bicyclic) bond motifs is 1. The lowest BCUT2D eigenvalue weighted by Gasteiger charge is -2.11. The number of para-hydroxylation sites is 1. The second-order valence-corrected chi connectivity index (χ2v) is 8.66. The second-order valence-electron chi connectivity index (χ2n) is 7.89. The van der Waals surface area contributed by atoms with E-state index in [9.17, 15) is 10.1 Å². The summed E-state index contributed by atoms with van der Waals surface area (Å²) in [6, 6.07) is 19.3. The Balaban J connectivity index is 1.65. The van der Waals surface area contributed by atoms with Crippen molar-refractivity contribution in [1.29, 1.82) is 0 Å². The average molecular weight is 438 g/mol. The maximum Gasteiger partial charge on any atom is 0.312 e. The van der Waals surface area contributed by atoms with Crippen molar-refractivity contribution in [2.75, 3.05) is 0 Å². The van der Waals surface area contributed by atoms with Crippen LogP contribution >= 0.6 is 12.0 Å². The number of nitrogens with zero attached hydrogens (tertiary/aromatic N) is 1. The van der Waals surface area contributed by atoms with Crippen molar-refractivity contribution < 1.29 is 9.11 Å². The molecule has 3 aromatic carbocycles. The highest BCUT2D eigenvalue weighted by molar-refractivity contribution is 7.95. The standard InChI is InChI=1S/C26H31NO3S/c1-2-3-4-5-6-7-8-9-15-22-17-12-19-24(27(28)29)26(22)30-31-25-20-13-16-21-14-10-11-18-23(21)25/h10-14,16-20H,2-9,15H2,1H3. The largest absolute Gasteiger partial charge is 0.413 e. The quantitative estimate of drug-likeness (QED) is 0.116. The molecule has 0 aliphatic rings. The van der Waals surface area contributed by atoms with E-state index in [-0.39, 0.29) is 10.6 Å². The molecule has 0 atom stereocenters. The predicted octanol–water partition coefficient (Wildman–Crippen LogP) is 8.52. The van der Waals surface area contributed by atoms with E-state index in [0.29, 0.717) is 5.75 Å².